The molecule has 0 bridgehead atoms. The predicted octanol–water partition coefficient (Wildman–Crippen LogP) is 7.19. The van der Waals surface area contributed by atoms with Gasteiger partial charge in [-0.25, -0.2) is 0 Å². The highest BCUT2D eigenvalue weighted by Crippen LogP contribution is 2.29. The van der Waals surface area contributed by atoms with E-state index >= 15 is 0 Å². The van der Waals surface area contributed by atoms with Crippen molar-refractivity contribution < 1.29 is 9.59 Å². The predicted molar refractivity (Wildman–Crippen MR) is 155 cm³/mol. The molecule has 208 valence electrons. The third kappa shape index (κ3) is 8.47. The highest BCUT2D eigenvalue weighted by Gasteiger charge is 2.29. The van der Waals surface area contributed by atoms with Gasteiger partial charge < -0.3 is 14.4 Å². The van der Waals surface area contributed by atoms with Crippen LogP contribution in [-0.2, 0) is 22.7 Å². The van der Waals surface area contributed by atoms with Crippen molar-refractivity contribution in [1.82, 2.24) is 14.4 Å². The summed E-state index contributed by atoms with van der Waals surface area (Å²) in [6.45, 7) is 4.53. The van der Waals surface area contributed by atoms with Crippen LogP contribution in [0.2, 0.25) is 0 Å². The van der Waals surface area contributed by atoms with Crippen molar-refractivity contribution in [2.75, 3.05) is 13.1 Å². The first kappa shape index (κ1) is 28.4. The highest BCUT2D eigenvalue weighted by atomic mass is 16.2. The lowest BCUT2D eigenvalue weighted by atomic mass is 9.94. The average Bonchev–Trinajstić information content (AvgIpc) is 3.63. The molecule has 2 saturated carbocycles. The van der Waals surface area contributed by atoms with E-state index in [2.05, 4.69) is 59.0 Å². The topological polar surface area (TPSA) is 45.6 Å². The summed E-state index contributed by atoms with van der Waals surface area (Å²) in [6.07, 6.45) is 17.8. The Labute approximate surface area is 230 Å². The van der Waals surface area contributed by atoms with Gasteiger partial charge in [-0.15, -0.1) is 0 Å². The number of hydrogen-bond acceptors (Lipinski definition) is 2. The fraction of sp³-hybridized carbons (Fsp3) is 0.636. The summed E-state index contributed by atoms with van der Waals surface area (Å²) in [5.41, 5.74) is 2.42. The van der Waals surface area contributed by atoms with Crippen LogP contribution >= 0.6 is 0 Å². The summed E-state index contributed by atoms with van der Waals surface area (Å²) in [4.78, 5) is 31.3. The molecule has 1 aromatic heterocycles. The van der Waals surface area contributed by atoms with Gasteiger partial charge in [-0.2, -0.15) is 0 Å². The monoisotopic (exact) mass is 519 g/mol. The minimum atomic E-state index is 0.120. The van der Waals surface area contributed by atoms with Crippen LogP contribution in [0, 0.1) is 5.92 Å². The van der Waals surface area contributed by atoms with E-state index in [1.165, 1.54) is 50.5 Å². The summed E-state index contributed by atoms with van der Waals surface area (Å²) >= 11 is 0. The van der Waals surface area contributed by atoms with Crippen LogP contribution in [0.4, 0.5) is 0 Å². The van der Waals surface area contributed by atoms with Crippen molar-refractivity contribution >= 4 is 11.8 Å². The number of nitrogens with zero attached hydrogens (tertiary/aromatic N) is 3. The molecule has 0 atom stereocenters. The lowest BCUT2D eigenvalue weighted by Gasteiger charge is -2.36. The molecule has 38 heavy (non-hydrogen) atoms. The zero-order chi connectivity index (χ0) is 26.6. The molecule has 2 aromatic rings. The lowest BCUT2D eigenvalue weighted by Crippen LogP contribution is -2.47. The van der Waals surface area contributed by atoms with Gasteiger partial charge in [-0.05, 0) is 49.3 Å². The number of aromatic nitrogens is 1. The number of hydrogen-bond donors (Lipinski definition) is 0. The number of rotatable bonds is 14. The first-order chi connectivity index (χ1) is 18.6. The van der Waals surface area contributed by atoms with Crippen molar-refractivity contribution in [3.63, 3.8) is 0 Å². The van der Waals surface area contributed by atoms with Gasteiger partial charge in [0.15, 0.2) is 0 Å². The van der Waals surface area contributed by atoms with Gasteiger partial charge in [-0.3, -0.25) is 9.59 Å². The molecule has 0 radical (unpaired) electrons. The van der Waals surface area contributed by atoms with E-state index < -0.39 is 0 Å². The molecule has 5 nitrogen and oxygen atoms in total. The Morgan fingerprint density at radius 2 is 1.61 bits per heavy atom. The van der Waals surface area contributed by atoms with E-state index in [0.29, 0.717) is 25.4 Å². The molecule has 2 aliphatic rings. The standard InChI is InChI=1S/C33H49N3O2/c1-2-3-12-23-35(32(37)22-21-28-14-10-11-15-28)27-33(38)36(30-18-8-5-9-19-30)26-31-20-13-24-34(31)25-29-16-6-4-7-17-29/h4,6-7,13,16-17,20,24,28,30H,2-3,5,8-12,14-15,18-19,21-23,25-27H2,1H3. The maximum atomic E-state index is 14.0. The van der Waals surface area contributed by atoms with Crippen LogP contribution in [0.25, 0.3) is 0 Å². The molecule has 0 unspecified atom stereocenters. The van der Waals surface area contributed by atoms with Gasteiger partial charge in [0, 0.05) is 37.4 Å². The summed E-state index contributed by atoms with van der Waals surface area (Å²) in [6, 6.07) is 15.0. The molecule has 0 spiro atoms. The minimum absolute atomic E-state index is 0.120. The summed E-state index contributed by atoms with van der Waals surface area (Å²) < 4.78 is 2.27. The van der Waals surface area contributed by atoms with E-state index in [1.54, 1.807) is 0 Å². The quantitative estimate of drug-likeness (QED) is 0.248. The molecule has 2 aliphatic carbocycles. The van der Waals surface area contributed by atoms with Gasteiger partial charge in [0.1, 0.15) is 0 Å². The molecule has 4 rings (SSSR count). The van der Waals surface area contributed by atoms with Gasteiger partial charge in [0.25, 0.3) is 0 Å². The third-order valence-electron chi connectivity index (χ3n) is 8.74. The molecule has 1 heterocycles. The fourth-order valence-corrected chi connectivity index (χ4v) is 6.40. The van der Waals surface area contributed by atoms with Crippen molar-refractivity contribution in [3.8, 4) is 0 Å². The summed E-state index contributed by atoms with van der Waals surface area (Å²) in [5.74, 6) is 0.996. The Morgan fingerprint density at radius 1 is 0.868 bits per heavy atom. The van der Waals surface area contributed by atoms with Crippen LogP contribution in [0.15, 0.2) is 48.7 Å². The minimum Gasteiger partial charge on any atom is -0.345 e. The number of carbonyl (C=O) groups is 2. The van der Waals surface area contributed by atoms with Crippen molar-refractivity contribution in [2.24, 2.45) is 5.92 Å². The number of amides is 2. The molecule has 0 saturated heterocycles. The van der Waals surface area contributed by atoms with E-state index in [4.69, 9.17) is 0 Å². The van der Waals surface area contributed by atoms with Gasteiger partial charge in [0.2, 0.25) is 11.8 Å². The third-order valence-corrected chi connectivity index (χ3v) is 8.74. The Morgan fingerprint density at radius 3 is 2.34 bits per heavy atom. The molecule has 5 heteroatoms. The molecule has 2 fully saturated rings. The molecule has 0 aliphatic heterocycles. The average molecular weight is 520 g/mol. The van der Waals surface area contributed by atoms with Crippen molar-refractivity contribution in [2.45, 2.75) is 116 Å². The second-order valence-electron chi connectivity index (χ2n) is 11.6. The van der Waals surface area contributed by atoms with Crippen LogP contribution in [0.5, 0.6) is 0 Å². The summed E-state index contributed by atoms with van der Waals surface area (Å²) in [7, 11) is 0. The SMILES string of the molecule is CCCCCN(CC(=O)N(Cc1cccn1Cc1ccccc1)C1CCCCC1)C(=O)CCC1CCCC1. The Balaban J connectivity index is 1.45. The van der Waals surface area contributed by atoms with E-state index in [0.717, 1.165) is 50.8 Å². The van der Waals surface area contributed by atoms with E-state index in [1.807, 2.05) is 11.0 Å². The maximum Gasteiger partial charge on any atom is 0.242 e. The van der Waals surface area contributed by atoms with Gasteiger partial charge in [0.05, 0.1) is 13.1 Å². The fourth-order valence-electron chi connectivity index (χ4n) is 6.40. The molecule has 2 amide bonds. The number of carbonyl (C=O) groups excluding carboxylic acids is 2. The smallest absolute Gasteiger partial charge is 0.242 e. The first-order valence-corrected chi connectivity index (χ1v) is 15.4. The van der Waals surface area contributed by atoms with E-state index in [9.17, 15) is 9.59 Å². The summed E-state index contributed by atoms with van der Waals surface area (Å²) in [5, 5.41) is 0. The van der Waals surface area contributed by atoms with Crippen LogP contribution in [-0.4, -0.2) is 45.3 Å². The zero-order valence-electron chi connectivity index (χ0n) is 23.7. The second-order valence-corrected chi connectivity index (χ2v) is 11.6. The van der Waals surface area contributed by atoms with Crippen LogP contribution in [0.3, 0.4) is 0 Å². The van der Waals surface area contributed by atoms with E-state index in [-0.39, 0.29) is 24.4 Å². The van der Waals surface area contributed by atoms with Gasteiger partial charge >= 0.3 is 0 Å². The normalized spacial score (nSPS) is 16.6. The molecular formula is C33H49N3O2. The number of benzene rings is 1. The number of unbranched alkanes of at least 4 members (excludes halogenated alkanes) is 2. The Bertz CT molecular complexity index is 973. The highest BCUT2D eigenvalue weighted by molar-refractivity contribution is 5.85. The van der Waals surface area contributed by atoms with Crippen LogP contribution < -0.4 is 0 Å². The largest absolute Gasteiger partial charge is 0.345 e. The Hall–Kier alpha value is -2.56. The second kappa shape index (κ2) is 15.1. The zero-order valence-corrected chi connectivity index (χ0v) is 23.7. The van der Waals surface area contributed by atoms with Crippen LogP contribution in [0.1, 0.15) is 108 Å². The maximum absolute atomic E-state index is 14.0. The first-order valence-electron chi connectivity index (χ1n) is 15.4. The lowest BCUT2D eigenvalue weighted by molar-refractivity contribution is -0.143. The molecule has 1 aromatic carbocycles. The van der Waals surface area contributed by atoms with Gasteiger partial charge in [-0.1, -0.05) is 95.0 Å². The van der Waals surface area contributed by atoms with Crippen molar-refractivity contribution in [1.29, 1.82) is 0 Å². The molecular weight excluding hydrogens is 470 g/mol. The Kier molecular flexibility index (Phi) is 11.3. The molecule has 0 N–H and O–H groups in total. The van der Waals surface area contributed by atoms with Crippen molar-refractivity contribution in [3.05, 3.63) is 59.9 Å².